The number of rotatable bonds is 9. The van der Waals surface area contributed by atoms with Crippen LogP contribution < -0.4 is 4.74 Å². The summed E-state index contributed by atoms with van der Waals surface area (Å²) in [7, 11) is 0. The van der Waals surface area contributed by atoms with Gasteiger partial charge in [0.15, 0.2) is 5.78 Å². The normalized spacial score (nSPS) is 10.7. The Morgan fingerprint density at radius 1 is 1.28 bits per heavy atom. The molecule has 0 aromatic heterocycles. The lowest BCUT2D eigenvalue weighted by molar-refractivity contribution is 0.101. The van der Waals surface area contributed by atoms with Crippen LogP contribution in [-0.4, -0.2) is 23.2 Å². The predicted molar refractivity (Wildman–Crippen MR) is 104 cm³/mol. The molecule has 2 aromatic carbocycles. The Balaban J connectivity index is 1.99. The van der Waals surface area contributed by atoms with Crippen molar-refractivity contribution >= 4 is 29.1 Å². The molecule has 0 aliphatic carbocycles. The van der Waals surface area contributed by atoms with E-state index in [2.05, 4.69) is 12.1 Å². The number of aromatic hydroxyl groups is 1. The number of carbonyl (C=O) groups excluding carboxylic acids is 1. The van der Waals surface area contributed by atoms with Crippen LogP contribution >= 0.6 is 23.4 Å². The van der Waals surface area contributed by atoms with E-state index in [0.717, 1.165) is 18.6 Å². The zero-order valence-corrected chi connectivity index (χ0v) is 16.1. The highest BCUT2D eigenvalue weighted by Crippen LogP contribution is 2.38. The summed E-state index contributed by atoms with van der Waals surface area (Å²) in [4.78, 5) is 12.9. The Hall–Kier alpha value is -1.65. The number of ether oxygens (including phenoxy) is 1. The van der Waals surface area contributed by atoms with E-state index in [1.54, 1.807) is 17.8 Å². The molecule has 0 aliphatic heterocycles. The fraction of sp³-hybridized carbons (Fsp3) is 0.350. The van der Waals surface area contributed by atoms with Crippen LogP contribution in [0.5, 0.6) is 11.5 Å². The SMILES string of the molecule is CCCc1c(OCCCSc2ccccc2)cc(Cl)c(C(C)=O)c1O. The molecule has 0 bridgehead atoms. The number of carbonyl (C=O) groups is 1. The molecule has 0 spiro atoms. The van der Waals surface area contributed by atoms with E-state index in [0.29, 0.717) is 24.3 Å². The molecule has 0 unspecified atom stereocenters. The summed E-state index contributed by atoms with van der Waals surface area (Å²) in [5.41, 5.74) is 0.838. The van der Waals surface area contributed by atoms with Crippen LogP contribution in [0, 0.1) is 0 Å². The van der Waals surface area contributed by atoms with Crippen molar-refractivity contribution in [3.8, 4) is 11.5 Å². The monoisotopic (exact) mass is 378 g/mol. The van der Waals surface area contributed by atoms with Crippen LogP contribution in [0.1, 0.15) is 42.6 Å². The molecule has 0 atom stereocenters. The molecular formula is C20H23ClO3S. The van der Waals surface area contributed by atoms with Gasteiger partial charge in [-0.1, -0.05) is 43.1 Å². The Morgan fingerprint density at radius 3 is 2.64 bits per heavy atom. The number of phenols is 1. The van der Waals surface area contributed by atoms with Crippen LogP contribution in [0.2, 0.25) is 5.02 Å². The zero-order chi connectivity index (χ0) is 18.2. The van der Waals surface area contributed by atoms with Crippen LogP contribution in [0.3, 0.4) is 0 Å². The summed E-state index contributed by atoms with van der Waals surface area (Å²) in [6.45, 7) is 3.95. The standard InChI is InChI=1S/C20H23ClO3S/c1-3-8-16-18(13-17(21)19(14(2)22)20(16)23)24-11-7-12-25-15-9-5-4-6-10-15/h4-6,9-10,13,23H,3,7-8,11-12H2,1-2H3. The second kappa shape index (κ2) is 9.73. The van der Waals surface area contributed by atoms with Crippen molar-refractivity contribution < 1.29 is 14.6 Å². The van der Waals surface area contributed by atoms with E-state index in [4.69, 9.17) is 16.3 Å². The van der Waals surface area contributed by atoms with Crippen LogP contribution in [0.4, 0.5) is 0 Å². The van der Waals surface area contributed by atoms with Crippen molar-refractivity contribution in [1.29, 1.82) is 0 Å². The maximum absolute atomic E-state index is 11.7. The number of Topliss-reactive ketones (excluding diaryl/α,β-unsaturated/α-hetero) is 1. The molecule has 0 fully saturated rings. The van der Waals surface area contributed by atoms with Gasteiger partial charge in [0.2, 0.25) is 0 Å². The van der Waals surface area contributed by atoms with Crippen molar-refractivity contribution in [1.82, 2.24) is 0 Å². The smallest absolute Gasteiger partial charge is 0.165 e. The molecule has 1 N–H and O–H groups in total. The molecule has 3 nitrogen and oxygen atoms in total. The van der Waals surface area contributed by atoms with Crippen molar-refractivity contribution in [3.05, 3.63) is 52.5 Å². The van der Waals surface area contributed by atoms with Gasteiger partial charge in [0.1, 0.15) is 11.5 Å². The lowest BCUT2D eigenvalue weighted by Gasteiger charge is -2.16. The van der Waals surface area contributed by atoms with Crippen molar-refractivity contribution in [3.63, 3.8) is 0 Å². The number of hydrogen-bond donors (Lipinski definition) is 1. The van der Waals surface area contributed by atoms with Crippen LogP contribution in [-0.2, 0) is 6.42 Å². The van der Waals surface area contributed by atoms with Gasteiger partial charge in [-0.2, -0.15) is 0 Å². The first-order valence-corrected chi connectivity index (χ1v) is 9.76. The fourth-order valence-corrected chi connectivity index (χ4v) is 3.73. The third-order valence-corrected chi connectivity index (χ3v) is 5.12. The lowest BCUT2D eigenvalue weighted by atomic mass is 10.0. The first-order valence-electron chi connectivity index (χ1n) is 8.40. The third-order valence-electron chi connectivity index (χ3n) is 3.73. The molecule has 25 heavy (non-hydrogen) atoms. The number of thioether (sulfide) groups is 1. The Bertz CT molecular complexity index is 717. The van der Waals surface area contributed by atoms with E-state index in [1.165, 1.54) is 11.8 Å². The summed E-state index contributed by atoms with van der Waals surface area (Å²) in [6, 6.07) is 11.9. The van der Waals surface area contributed by atoms with Gasteiger partial charge in [0.05, 0.1) is 17.2 Å². The summed E-state index contributed by atoms with van der Waals surface area (Å²) >= 11 is 7.94. The van der Waals surface area contributed by atoms with E-state index < -0.39 is 0 Å². The molecule has 2 rings (SSSR count). The fourth-order valence-electron chi connectivity index (χ4n) is 2.56. The summed E-state index contributed by atoms with van der Waals surface area (Å²) in [5, 5.41) is 10.6. The minimum absolute atomic E-state index is 0.0458. The molecule has 0 heterocycles. The maximum atomic E-state index is 11.7. The third kappa shape index (κ3) is 5.41. The Kier molecular flexibility index (Phi) is 7.66. The minimum Gasteiger partial charge on any atom is -0.507 e. The first kappa shape index (κ1) is 19.7. The zero-order valence-electron chi connectivity index (χ0n) is 14.5. The molecule has 134 valence electrons. The molecule has 2 aromatic rings. The van der Waals surface area contributed by atoms with Gasteiger partial charge in [0.25, 0.3) is 0 Å². The summed E-state index contributed by atoms with van der Waals surface area (Å²) < 4.78 is 5.85. The topological polar surface area (TPSA) is 46.5 Å². The van der Waals surface area contributed by atoms with E-state index in [-0.39, 0.29) is 22.1 Å². The Morgan fingerprint density at radius 2 is 2.00 bits per heavy atom. The van der Waals surface area contributed by atoms with Crippen LogP contribution in [0.15, 0.2) is 41.3 Å². The molecule has 0 radical (unpaired) electrons. The molecule has 5 heteroatoms. The second-order valence-electron chi connectivity index (χ2n) is 5.73. The maximum Gasteiger partial charge on any atom is 0.165 e. The van der Waals surface area contributed by atoms with Gasteiger partial charge < -0.3 is 9.84 Å². The van der Waals surface area contributed by atoms with Gasteiger partial charge in [-0.05, 0) is 31.9 Å². The van der Waals surface area contributed by atoms with E-state index in [9.17, 15) is 9.90 Å². The second-order valence-corrected chi connectivity index (χ2v) is 7.30. The largest absolute Gasteiger partial charge is 0.507 e. The highest BCUT2D eigenvalue weighted by atomic mass is 35.5. The molecule has 0 amide bonds. The van der Waals surface area contributed by atoms with Crippen molar-refractivity contribution in [2.75, 3.05) is 12.4 Å². The van der Waals surface area contributed by atoms with E-state index in [1.807, 2.05) is 25.1 Å². The highest BCUT2D eigenvalue weighted by molar-refractivity contribution is 7.99. The van der Waals surface area contributed by atoms with Crippen molar-refractivity contribution in [2.45, 2.75) is 38.0 Å². The number of ketones is 1. The first-order chi connectivity index (χ1) is 12.0. The van der Waals surface area contributed by atoms with Gasteiger partial charge in [-0.15, -0.1) is 11.8 Å². The number of halogens is 1. The predicted octanol–water partition coefficient (Wildman–Crippen LogP) is 5.76. The number of hydrogen-bond acceptors (Lipinski definition) is 4. The minimum atomic E-state index is -0.245. The summed E-state index contributed by atoms with van der Waals surface area (Å²) in [5.74, 6) is 1.22. The average molecular weight is 379 g/mol. The molecule has 0 saturated heterocycles. The van der Waals surface area contributed by atoms with Gasteiger partial charge in [-0.25, -0.2) is 0 Å². The number of phenolic OH excluding ortho intramolecular Hbond substituents is 1. The molecule has 0 saturated carbocycles. The molecule has 0 aliphatic rings. The van der Waals surface area contributed by atoms with Gasteiger partial charge in [0, 0.05) is 22.3 Å². The molecular weight excluding hydrogens is 356 g/mol. The van der Waals surface area contributed by atoms with Crippen LogP contribution in [0.25, 0.3) is 0 Å². The van der Waals surface area contributed by atoms with E-state index >= 15 is 0 Å². The summed E-state index contributed by atoms with van der Waals surface area (Å²) in [6.07, 6.45) is 2.35. The quantitative estimate of drug-likeness (QED) is 0.342. The van der Waals surface area contributed by atoms with Gasteiger partial charge in [-0.3, -0.25) is 4.79 Å². The lowest BCUT2D eigenvalue weighted by Crippen LogP contribution is -2.05. The Labute approximate surface area is 158 Å². The highest BCUT2D eigenvalue weighted by Gasteiger charge is 2.20. The van der Waals surface area contributed by atoms with Crippen molar-refractivity contribution in [2.24, 2.45) is 0 Å². The average Bonchev–Trinajstić information content (AvgIpc) is 2.58. The van der Waals surface area contributed by atoms with Gasteiger partial charge >= 0.3 is 0 Å². The number of benzene rings is 2.